The number of pyridine rings is 1. The summed E-state index contributed by atoms with van der Waals surface area (Å²) >= 11 is 3.50. The standard InChI is InChI=1S/C22H24BrN5O/c23-19-13-18(15-24-16-19)20-14-21(25-7-4-8-28-9-11-29-12-10-28)27-22(26-20)17-5-2-1-3-6-17/h1-3,5-6,13-16H,4,7-12H2,(H,25,26,27). The van der Waals surface area contributed by atoms with Gasteiger partial charge >= 0.3 is 0 Å². The highest BCUT2D eigenvalue weighted by Crippen LogP contribution is 2.25. The Kier molecular flexibility index (Phi) is 6.82. The number of nitrogens with zero attached hydrogens (tertiary/aromatic N) is 4. The number of rotatable bonds is 7. The molecule has 2 aromatic heterocycles. The fourth-order valence-electron chi connectivity index (χ4n) is 3.30. The molecule has 29 heavy (non-hydrogen) atoms. The van der Waals surface area contributed by atoms with E-state index in [1.54, 1.807) is 6.20 Å². The van der Waals surface area contributed by atoms with Crippen LogP contribution >= 0.6 is 15.9 Å². The molecule has 0 amide bonds. The minimum Gasteiger partial charge on any atom is -0.379 e. The normalized spacial score (nSPS) is 14.7. The number of morpholine rings is 1. The molecule has 1 aliphatic rings. The lowest BCUT2D eigenvalue weighted by Gasteiger charge is -2.26. The largest absolute Gasteiger partial charge is 0.379 e. The van der Waals surface area contributed by atoms with Crippen LogP contribution in [0.15, 0.2) is 59.3 Å². The van der Waals surface area contributed by atoms with E-state index < -0.39 is 0 Å². The number of benzene rings is 1. The van der Waals surface area contributed by atoms with Gasteiger partial charge in [-0.2, -0.15) is 0 Å². The molecule has 1 fully saturated rings. The van der Waals surface area contributed by atoms with Crippen molar-refractivity contribution >= 4 is 21.7 Å². The smallest absolute Gasteiger partial charge is 0.162 e. The summed E-state index contributed by atoms with van der Waals surface area (Å²) in [6.07, 6.45) is 4.65. The maximum absolute atomic E-state index is 5.41. The van der Waals surface area contributed by atoms with Crippen molar-refractivity contribution in [3.8, 4) is 22.6 Å². The summed E-state index contributed by atoms with van der Waals surface area (Å²) in [5.74, 6) is 1.54. The van der Waals surface area contributed by atoms with E-state index in [-0.39, 0.29) is 0 Å². The average molecular weight is 454 g/mol. The first-order chi connectivity index (χ1) is 14.3. The van der Waals surface area contributed by atoms with Gasteiger partial charge in [0.15, 0.2) is 5.82 Å². The highest BCUT2D eigenvalue weighted by molar-refractivity contribution is 9.10. The topological polar surface area (TPSA) is 63.2 Å². The molecule has 0 bridgehead atoms. The number of nitrogens with one attached hydrogen (secondary N) is 1. The number of ether oxygens (including phenoxy) is 1. The van der Waals surface area contributed by atoms with Crippen LogP contribution in [0.1, 0.15) is 6.42 Å². The number of anilines is 1. The summed E-state index contributed by atoms with van der Waals surface area (Å²) in [6, 6.07) is 14.1. The van der Waals surface area contributed by atoms with Crippen LogP contribution < -0.4 is 5.32 Å². The average Bonchev–Trinajstić information content (AvgIpc) is 2.78. The van der Waals surface area contributed by atoms with Gasteiger partial charge in [-0.25, -0.2) is 9.97 Å². The van der Waals surface area contributed by atoms with E-state index in [1.165, 1.54) is 0 Å². The van der Waals surface area contributed by atoms with E-state index in [2.05, 4.69) is 31.1 Å². The lowest BCUT2D eigenvalue weighted by atomic mass is 10.1. The summed E-state index contributed by atoms with van der Waals surface area (Å²) < 4.78 is 6.34. The Bertz CT molecular complexity index is 931. The van der Waals surface area contributed by atoms with Crippen LogP contribution in [0.4, 0.5) is 5.82 Å². The first kappa shape index (κ1) is 19.9. The van der Waals surface area contributed by atoms with Gasteiger partial charge in [-0.1, -0.05) is 30.3 Å². The first-order valence-electron chi connectivity index (χ1n) is 9.87. The van der Waals surface area contributed by atoms with Gasteiger partial charge in [0.05, 0.1) is 18.9 Å². The predicted octanol–water partition coefficient (Wildman–Crippen LogP) is 4.10. The van der Waals surface area contributed by atoms with Crippen molar-refractivity contribution in [2.75, 3.05) is 44.7 Å². The fourth-order valence-corrected chi connectivity index (χ4v) is 3.66. The van der Waals surface area contributed by atoms with E-state index in [0.717, 1.165) is 72.9 Å². The third kappa shape index (κ3) is 5.59. The van der Waals surface area contributed by atoms with Crippen LogP contribution in [0.2, 0.25) is 0 Å². The molecule has 7 heteroatoms. The van der Waals surface area contributed by atoms with Crippen molar-refractivity contribution < 1.29 is 4.74 Å². The molecule has 1 N–H and O–H groups in total. The van der Waals surface area contributed by atoms with Gasteiger partial charge in [-0.05, 0) is 35.0 Å². The molecular formula is C22H24BrN5O. The Hall–Kier alpha value is -2.35. The minimum absolute atomic E-state index is 0.707. The zero-order valence-corrected chi connectivity index (χ0v) is 17.8. The highest BCUT2D eigenvalue weighted by Gasteiger charge is 2.11. The lowest BCUT2D eigenvalue weighted by Crippen LogP contribution is -2.37. The number of aromatic nitrogens is 3. The van der Waals surface area contributed by atoms with Crippen molar-refractivity contribution in [3.05, 3.63) is 59.3 Å². The third-order valence-corrected chi connectivity index (χ3v) is 5.25. The van der Waals surface area contributed by atoms with Crippen molar-refractivity contribution in [3.63, 3.8) is 0 Å². The Morgan fingerprint density at radius 3 is 2.62 bits per heavy atom. The summed E-state index contributed by atoms with van der Waals surface area (Å²) in [5, 5.41) is 3.48. The summed E-state index contributed by atoms with van der Waals surface area (Å²) in [7, 11) is 0. The number of hydrogen-bond acceptors (Lipinski definition) is 6. The molecule has 150 valence electrons. The van der Waals surface area contributed by atoms with Crippen LogP contribution in [0.3, 0.4) is 0 Å². The molecule has 0 unspecified atom stereocenters. The van der Waals surface area contributed by atoms with E-state index in [0.29, 0.717) is 5.82 Å². The van der Waals surface area contributed by atoms with Crippen molar-refractivity contribution in [1.82, 2.24) is 19.9 Å². The molecule has 0 aliphatic carbocycles. The van der Waals surface area contributed by atoms with Crippen molar-refractivity contribution in [2.45, 2.75) is 6.42 Å². The lowest BCUT2D eigenvalue weighted by molar-refractivity contribution is 0.0378. The number of halogens is 1. The van der Waals surface area contributed by atoms with Crippen LogP contribution in [0.25, 0.3) is 22.6 Å². The summed E-state index contributed by atoms with van der Waals surface area (Å²) in [5.41, 5.74) is 2.80. The molecule has 0 radical (unpaired) electrons. The Labute approximate surface area is 179 Å². The van der Waals surface area contributed by atoms with Crippen LogP contribution in [0.5, 0.6) is 0 Å². The van der Waals surface area contributed by atoms with Gasteiger partial charge in [0.2, 0.25) is 0 Å². The molecule has 1 saturated heterocycles. The molecule has 4 rings (SSSR count). The second-order valence-electron chi connectivity index (χ2n) is 6.95. The Morgan fingerprint density at radius 1 is 1.00 bits per heavy atom. The molecule has 0 atom stereocenters. The third-order valence-electron chi connectivity index (χ3n) is 4.82. The van der Waals surface area contributed by atoms with Gasteiger partial charge in [0.1, 0.15) is 5.82 Å². The molecule has 3 heterocycles. The summed E-state index contributed by atoms with van der Waals surface area (Å²) in [4.78, 5) is 16.3. The Morgan fingerprint density at radius 2 is 1.83 bits per heavy atom. The van der Waals surface area contributed by atoms with E-state index >= 15 is 0 Å². The SMILES string of the molecule is Brc1cncc(-c2cc(NCCCN3CCOCC3)nc(-c3ccccc3)n2)c1. The van der Waals surface area contributed by atoms with Crippen molar-refractivity contribution in [1.29, 1.82) is 0 Å². The van der Waals surface area contributed by atoms with Gasteiger partial charge in [0.25, 0.3) is 0 Å². The van der Waals surface area contributed by atoms with Gasteiger partial charge in [-0.15, -0.1) is 0 Å². The van der Waals surface area contributed by atoms with E-state index in [4.69, 9.17) is 14.7 Å². The van der Waals surface area contributed by atoms with Crippen molar-refractivity contribution in [2.24, 2.45) is 0 Å². The maximum atomic E-state index is 5.41. The molecule has 3 aromatic rings. The maximum Gasteiger partial charge on any atom is 0.162 e. The molecule has 1 aromatic carbocycles. The minimum atomic E-state index is 0.707. The molecule has 1 aliphatic heterocycles. The van der Waals surface area contributed by atoms with Crippen LogP contribution in [0, 0.1) is 0 Å². The number of hydrogen-bond donors (Lipinski definition) is 1. The molecule has 6 nitrogen and oxygen atoms in total. The van der Waals surface area contributed by atoms with Gasteiger partial charge in [0, 0.05) is 53.7 Å². The highest BCUT2D eigenvalue weighted by atomic mass is 79.9. The molecular weight excluding hydrogens is 430 g/mol. The van der Waals surface area contributed by atoms with Gasteiger partial charge < -0.3 is 10.1 Å². The molecule has 0 saturated carbocycles. The Balaban J connectivity index is 1.51. The van der Waals surface area contributed by atoms with Crippen LogP contribution in [-0.4, -0.2) is 59.2 Å². The van der Waals surface area contributed by atoms with E-state index in [1.807, 2.05) is 48.7 Å². The monoisotopic (exact) mass is 453 g/mol. The second kappa shape index (κ2) is 9.91. The fraction of sp³-hybridized carbons (Fsp3) is 0.318. The predicted molar refractivity (Wildman–Crippen MR) is 119 cm³/mol. The zero-order chi connectivity index (χ0) is 19.9. The molecule has 0 spiro atoms. The van der Waals surface area contributed by atoms with Gasteiger partial charge in [-0.3, -0.25) is 9.88 Å². The van der Waals surface area contributed by atoms with Crippen LogP contribution in [-0.2, 0) is 4.74 Å². The second-order valence-corrected chi connectivity index (χ2v) is 7.87. The summed E-state index contributed by atoms with van der Waals surface area (Å²) in [6.45, 7) is 5.64. The zero-order valence-electron chi connectivity index (χ0n) is 16.2. The first-order valence-corrected chi connectivity index (χ1v) is 10.7. The quantitative estimate of drug-likeness (QED) is 0.543. The van der Waals surface area contributed by atoms with E-state index in [9.17, 15) is 0 Å².